The van der Waals surface area contributed by atoms with Crippen LogP contribution in [-0.2, 0) is 0 Å². The van der Waals surface area contributed by atoms with Gasteiger partial charge in [-0.2, -0.15) is 0 Å². The van der Waals surface area contributed by atoms with Crippen molar-refractivity contribution in [1.29, 1.82) is 0 Å². The van der Waals surface area contributed by atoms with Crippen molar-refractivity contribution >= 4 is 5.57 Å². The molecule has 0 N–H and O–H groups in total. The van der Waals surface area contributed by atoms with Gasteiger partial charge in [-0.1, -0.05) is 62.9 Å². The summed E-state index contributed by atoms with van der Waals surface area (Å²) < 4.78 is 0. The van der Waals surface area contributed by atoms with E-state index in [0.29, 0.717) is 0 Å². The number of fused-ring (bicyclic) bond motifs is 3. The Bertz CT molecular complexity index is 562. The van der Waals surface area contributed by atoms with E-state index in [-0.39, 0.29) is 0 Å². The highest BCUT2D eigenvalue weighted by molar-refractivity contribution is 6.01. The molecular weight excluding hydrogens is 204 g/mol. The van der Waals surface area contributed by atoms with Gasteiger partial charge in [0.1, 0.15) is 0 Å². The molecule has 0 atom stereocenters. The molecule has 17 heavy (non-hydrogen) atoms. The van der Waals surface area contributed by atoms with E-state index in [0.717, 1.165) is 0 Å². The number of hydrogen-bond acceptors (Lipinski definition) is 0. The Morgan fingerprint density at radius 3 is 2.06 bits per heavy atom. The van der Waals surface area contributed by atoms with Crippen molar-refractivity contribution in [3.05, 3.63) is 65.7 Å². The Balaban J connectivity index is 0.000000514. The largest absolute Gasteiger partial charge is 0.0905 e. The van der Waals surface area contributed by atoms with Gasteiger partial charge in [-0.05, 0) is 40.3 Å². The zero-order chi connectivity index (χ0) is 12.4. The smallest absolute Gasteiger partial charge is 0.00756 e. The first-order chi connectivity index (χ1) is 8.29. The molecule has 2 aromatic carbocycles. The minimum Gasteiger partial charge on any atom is -0.0905 e. The standard InChI is InChI=1S/C15H12.C2H6/c1-10-6-5-9-14-13-8-4-3-7-12(13)11(2)15(10)14;1-2/h3-9H,2H2,1H3;1-2H3. The second kappa shape index (κ2) is 4.58. The molecule has 0 heteroatoms. The van der Waals surface area contributed by atoms with Crippen LogP contribution < -0.4 is 0 Å². The third kappa shape index (κ3) is 1.70. The molecule has 0 spiro atoms. The van der Waals surface area contributed by atoms with Crippen LogP contribution in [-0.4, -0.2) is 0 Å². The summed E-state index contributed by atoms with van der Waals surface area (Å²) in [7, 11) is 0. The predicted octanol–water partition coefficient (Wildman–Crippen LogP) is 5.06. The van der Waals surface area contributed by atoms with Gasteiger partial charge in [-0.3, -0.25) is 0 Å². The summed E-state index contributed by atoms with van der Waals surface area (Å²) >= 11 is 0. The van der Waals surface area contributed by atoms with E-state index in [1.807, 2.05) is 13.8 Å². The topological polar surface area (TPSA) is 0 Å². The highest BCUT2D eigenvalue weighted by Gasteiger charge is 2.22. The molecule has 0 bridgehead atoms. The molecule has 3 rings (SSSR count). The molecule has 0 saturated carbocycles. The molecular formula is C17H18. The summed E-state index contributed by atoms with van der Waals surface area (Å²) in [6.07, 6.45) is 0. The van der Waals surface area contributed by atoms with Gasteiger partial charge >= 0.3 is 0 Å². The molecule has 0 amide bonds. The molecule has 0 unspecified atom stereocenters. The van der Waals surface area contributed by atoms with Crippen molar-refractivity contribution in [1.82, 2.24) is 0 Å². The predicted molar refractivity (Wildman–Crippen MR) is 76.1 cm³/mol. The van der Waals surface area contributed by atoms with Gasteiger partial charge in [-0.15, -0.1) is 0 Å². The van der Waals surface area contributed by atoms with Crippen LogP contribution in [0.1, 0.15) is 30.5 Å². The van der Waals surface area contributed by atoms with Crippen molar-refractivity contribution in [2.75, 3.05) is 0 Å². The third-order valence-electron chi connectivity index (χ3n) is 3.12. The summed E-state index contributed by atoms with van der Waals surface area (Å²) in [6, 6.07) is 14.9. The molecule has 0 nitrogen and oxygen atoms in total. The highest BCUT2D eigenvalue weighted by atomic mass is 14.2. The summed E-state index contributed by atoms with van der Waals surface area (Å²) in [5, 5.41) is 0. The van der Waals surface area contributed by atoms with Crippen LogP contribution >= 0.6 is 0 Å². The van der Waals surface area contributed by atoms with Gasteiger partial charge in [0.25, 0.3) is 0 Å². The maximum atomic E-state index is 4.20. The van der Waals surface area contributed by atoms with Gasteiger partial charge in [0.2, 0.25) is 0 Å². The van der Waals surface area contributed by atoms with Gasteiger partial charge < -0.3 is 0 Å². The van der Waals surface area contributed by atoms with Crippen LogP contribution in [0, 0.1) is 6.92 Å². The van der Waals surface area contributed by atoms with Gasteiger partial charge in [-0.25, -0.2) is 0 Å². The van der Waals surface area contributed by atoms with Crippen LogP contribution in [0.4, 0.5) is 0 Å². The maximum absolute atomic E-state index is 4.20. The Morgan fingerprint density at radius 1 is 0.765 bits per heavy atom. The number of aryl methyl sites for hydroxylation is 1. The average molecular weight is 222 g/mol. The molecule has 0 aliphatic heterocycles. The number of rotatable bonds is 0. The molecule has 1 aliphatic rings. The number of benzene rings is 2. The van der Waals surface area contributed by atoms with Gasteiger partial charge in [0.05, 0.1) is 0 Å². The summed E-state index contributed by atoms with van der Waals surface area (Å²) in [4.78, 5) is 0. The first kappa shape index (κ1) is 11.7. The summed E-state index contributed by atoms with van der Waals surface area (Å²) in [5.74, 6) is 0. The van der Waals surface area contributed by atoms with Crippen LogP contribution in [0.2, 0.25) is 0 Å². The molecule has 0 aromatic heterocycles. The lowest BCUT2D eigenvalue weighted by atomic mass is 10.0. The Morgan fingerprint density at radius 2 is 1.35 bits per heavy atom. The highest BCUT2D eigenvalue weighted by Crippen LogP contribution is 2.44. The fourth-order valence-electron chi connectivity index (χ4n) is 2.41. The Labute approximate surface area is 104 Å². The van der Waals surface area contributed by atoms with E-state index in [9.17, 15) is 0 Å². The first-order valence-electron chi connectivity index (χ1n) is 6.17. The van der Waals surface area contributed by atoms with Crippen molar-refractivity contribution in [2.24, 2.45) is 0 Å². The van der Waals surface area contributed by atoms with E-state index >= 15 is 0 Å². The zero-order valence-corrected chi connectivity index (χ0v) is 10.7. The molecule has 1 aliphatic carbocycles. The zero-order valence-electron chi connectivity index (χ0n) is 10.7. The lowest BCUT2D eigenvalue weighted by Crippen LogP contribution is -1.83. The third-order valence-corrected chi connectivity index (χ3v) is 3.12. The van der Waals surface area contributed by atoms with E-state index in [1.165, 1.54) is 33.4 Å². The van der Waals surface area contributed by atoms with Crippen LogP contribution in [0.3, 0.4) is 0 Å². The molecule has 0 fully saturated rings. The second-order valence-electron chi connectivity index (χ2n) is 4.02. The van der Waals surface area contributed by atoms with E-state index in [1.54, 1.807) is 0 Å². The minimum absolute atomic E-state index is 1.17. The lowest BCUT2D eigenvalue weighted by molar-refractivity contribution is 1.45. The van der Waals surface area contributed by atoms with E-state index in [2.05, 4.69) is 56.0 Å². The number of hydrogen-bond donors (Lipinski definition) is 0. The van der Waals surface area contributed by atoms with E-state index < -0.39 is 0 Å². The molecule has 2 aromatic rings. The van der Waals surface area contributed by atoms with Crippen LogP contribution in [0.5, 0.6) is 0 Å². The second-order valence-corrected chi connectivity index (χ2v) is 4.02. The molecule has 86 valence electrons. The fourth-order valence-corrected chi connectivity index (χ4v) is 2.41. The normalized spacial score (nSPS) is 11.4. The molecule has 0 saturated heterocycles. The van der Waals surface area contributed by atoms with Crippen LogP contribution in [0.25, 0.3) is 16.7 Å². The van der Waals surface area contributed by atoms with E-state index in [4.69, 9.17) is 0 Å². The fraction of sp³-hybridized carbons (Fsp3) is 0.176. The van der Waals surface area contributed by atoms with Gasteiger partial charge in [0.15, 0.2) is 0 Å². The molecule has 0 heterocycles. The summed E-state index contributed by atoms with van der Waals surface area (Å²) in [5.41, 5.74) is 7.73. The Hall–Kier alpha value is -1.82. The lowest BCUT2D eigenvalue weighted by Gasteiger charge is -2.03. The SMILES string of the molecule is C=C1c2ccccc2-c2cccc(C)c21.CC. The average Bonchev–Trinajstić information content (AvgIpc) is 2.68. The van der Waals surface area contributed by atoms with Crippen molar-refractivity contribution in [2.45, 2.75) is 20.8 Å². The van der Waals surface area contributed by atoms with Crippen molar-refractivity contribution in [3.63, 3.8) is 0 Å². The van der Waals surface area contributed by atoms with Gasteiger partial charge in [0, 0.05) is 0 Å². The molecule has 0 radical (unpaired) electrons. The maximum Gasteiger partial charge on any atom is -0.00756 e. The van der Waals surface area contributed by atoms with Crippen molar-refractivity contribution < 1.29 is 0 Å². The van der Waals surface area contributed by atoms with Crippen LogP contribution in [0.15, 0.2) is 49.0 Å². The monoisotopic (exact) mass is 222 g/mol. The first-order valence-corrected chi connectivity index (χ1v) is 6.17. The Kier molecular flexibility index (Phi) is 3.14. The van der Waals surface area contributed by atoms with Crippen molar-refractivity contribution in [3.8, 4) is 11.1 Å². The quantitative estimate of drug-likeness (QED) is 0.498. The summed E-state index contributed by atoms with van der Waals surface area (Å²) in [6.45, 7) is 10.3. The minimum atomic E-state index is 1.17.